The Morgan fingerprint density at radius 2 is 2.13 bits per heavy atom. The Kier molecular flexibility index (Phi) is 4.08. The molecular formula is C9H18O4S2. The number of thioether (sulfide) groups is 1. The van der Waals surface area contributed by atoms with Gasteiger partial charge in [-0.2, -0.15) is 8.42 Å². The number of ether oxygens (including phenoxy) is 1. The van der Waals surface area contributed by atoms with Gasteiger partial charge in [-0.3, -0.25) is 4.55 Å². The van der Waals surface area contributed by atoms with Gasteiger partial charge in [-0.1, -0.05) is 13.8 Å². The fourth-order valence-electron chi connectivity index (χ4n) is 1.70. The lowest BCUT2D eigenvalue weighted by Crippen LogP contribution is -2.31. The van der Waals surface area contributed by atoms with Crippen molar-refractivity contribution in [2.24, 2.45) is 0 Å². The Balaban J connectivity index is 2.63. The van der Waals surface area contributed by atoms with Crippen molar-refractivity contribution in [3.05, 3.63) is 0 Å². The van der Waals surface area contributed by atoms with Crippen LogP contribution in [-0.2, 0) is 14.9 Å². The lowest BCUT2D eigenvalue weighted by Gasteiger charge is -2.14. The lowest BCUT2D eigenvalue weighted by molar-refractivity contribution is 0.0681. The van der Waals surface area contributed by atoms with Gasteiger partial charge in [-0.05, 0) is 19.8 Å². The largest absolute Gasteiger partial charge is 0.377 e. The van der Waals surface area contributed by atoms with E-state index in [9.17, 15) is 8.42 Å². The molecule has 90 valence electrons. The molecule has 1 fully saturated rings. The summed E-state index contributed by atoms with van der Waals surface area (Å²) in [5, 5.41) is -0.135. The molecule has 3 atom stereocenters. The summed E-state index contributed by atoms with van der Waals surface area (Å²) in [6, 6.07) is 0. The molecule has 1 saturated heterocycles. The summed E-state index contributed by atoms with van der Waals surface area (Å²) in [4.78, 5) is 0. The molecule has 0 amide bonds. The van der Waals surface area contributed by atoms with Crippen molar-refractivity contribution in [1.82, 2.24) is 0 Å². The zero-order valence-electron chi connectivity index (χ0n) is 9.26. The third-order valence-corrected chi connectivity index (χ3v) is 6.86. The number of hydrogen-bond donors (Lipinski definition) is 1. The van der Waals surface area contributed by atoms with Crippen LogP contribution in [0.15, 0.2) is 0 Å². The van der Waals surface area contributed by atoms with Gasteiger partial charge in [0.2, 0.25) is 0 Å². The van der Waals surface area contributed by atoms with Gasteiger partial charge in [0.15, 0.2) is 4.08 Å². The summed E-state index contributed by atoms with van der Waals surface area (Å²) in [5.41, 5.74) is 0. The Hall–Kier alpha value is 0.220. The molecule has 0 saturated carbocycles. The van der Waals surface area contributed by atoms with Crippen molar-refractivity contribution in [3.8, 4) is 0 Å². The topological polar surface area (TPSA) is 63.6 Å². The van der Waals surface area contributed by atoms with Crippen LogP contribution in [0.1, 0.15) is 33.6 Å². The van der Waals surface area contributed by atoms with Crippen molar-refractivity contribution in [1.29, 1.82) is 0 Å². The van der Waals surface area contributed by atoms with Crippen molar-refractivity contribution < 1.29 is 17.7 Å². The molecule has 0 spiro atoms. The molecule has 0 aromatic heterocycles. The highest BCUT2D eigenvalue weighted by molar-refractivity contribution is 8.21. The molecule has 1 rings (SSSR count). The minimum absolute atomic E-state index is 0.128. The van der Waals surface area contributed by atoms with Gasteiger partial charge in [0.1, 0.15) is 0 Å². The number of rotatable bonds is 6. The zero-order valence-corrected chi connectivity index (χ0v) is 10.9. The average molecular weight is 254 g/mol. The van der Waals surface area contributed by atoms with Crippen molar-refractivity contribution >= 4 is 21.9 Å². The molecular weight excluding hydrogens is 236 g/mol. The highest BCUT2D eigenvalue weighted by Gasteiger charge is 2.66. The Morgan fingerprint density at radius 3 is 2.47 bits per heavy atom. The summed E-state index contributed by atoms with van der Waals surface area (Å²) in [5.74, 6) is 0. The van der Waals surface area contributed by atoms with E-state index in [1.807, 2.05) is 13.8 Å². The fraction of sp³-hybridized carbons (Fsp3) is 1.00. The highest BCUT2D eigenvalue weighted by atomic mass is 32.3. The van der Waals surface area contributed by atoms with Crippen LogP contribution < -0.4 is 0 Å². The van der Waals surface area contributed by atoms with Gasteiger partial charge in [0.05, 0.1) is 11.4 Å². The Labute approximate surface area is 95.5 Å². The van der Waals surface area contributed by atoms with E-state index in [0.717, 1.165) is 6.42 Å². The van der Waals surface area contributed by atoms with Gasteiger partial charge >= 0.3 is 0 Å². The van der Waals surface area contributed by atoms with Gasteiger partial charge in [-0.15, -0.1) is 11.8 Å². The first kappa shape index (κ1) is 13.3. The predicted molar refractivity (Wildman–Crippen MR) is 61.7 cm³/mol. The molecule has 0 aromatic rings. The first-order valence-corrected chi connectivity index (χ1v) is 7.47. The predicted octanol–water partition coefficient (Wildman–Crippen LogP) is 1.91. The van der Waals surface area contributed by atoms with Gasteiger partial charge in [0, 0.05) is 6.61 Å². The van der Waals surface area contributed by atoms with Gasteiger partial charge in [0.25, 0.3) is 10.1 Å². The van der Waals surface area contributed by atoms with E-state index in [2.05, 4.69) is 0 Å². The standard InChI is InChI=1S/C9H18O4S2/c1-4-6-13-7(3)8-9(5-2,14-8)15(10,11)12/h7-8H,4-6H2,1-3H3,(H,10,11,12). The molecule has 1 aliphatic rings. The van der Waals surface area contributed by atoms with Crippen LogP contribution in [-0.4, -0.2) is 35.0 Å². The molecule has 3 unspecified atom stereocenters. The quantitative estimate of drug-likeness (QED) is 0.579. The van der Waals surface area contributed by atoms with E-state index < -0.39 is 14.2 Å². The summed E-state index contributed by atoms with van der Waals surface area (Å²) >= 11 is 1.29. The van der Waals surface area contributed by atoms with E-state index in [1.165, 1.54) is 11.8 Å². The molecule has 0 radical (unpaired) electrons. The number of hydrogen-bond acceptors (Lipinski definition) is 4. The Morgan fingerprint density at radius 1 is 1.53 bits per heavy atom. The van der Waals surface area contributed by atoms with Crippen LogP contribution in [0.25, 0.3) is 0 Å². The zero-order chi connectivity index (χ0) is 11.7. The molecule has 6 heteroatoms. The maximum absolute atomic E-state index is 11.2. The normalized spacial score (nSPS) is 32.7. The average Bonchev–Trinajstić information content (AvgIpc) is 2.89. The second-order valence-corrected chi connectivity index (χ2v) is 7.16. The SMILES string of the molecule is CCCOC(C)C1SC1(CC)S(=O)(=O)O. The molecule has 0 bridgehead atoms. The Bertz CT molecular complexity index is 314. The molecule has 1 aliphatic heterocycles. The molecule has 15 heavy (non-hydrogen) atoms. The van der Waals surface area contributed by atoms with Crippen molar-refractivity contribution in [3.63, 3.8) is 0 Å². The van der Waals surface area contributed by atoms with Crippen LogP contribution >= 0.6 is 11.8 Å². The summed E-state index contributed by atoms with van der Waals surface area (Å²) in [6.45, 7) is 6.26. The van der Waals surface area contributed by atoms with Crippen LogP contribution in [0.5, 0.6) is 0 Å². The molecule has 0 aliphatic carbocycles. The second-order valence-electron chi connectivity index (χ2n) is 3.75. The van der Waals surface area contributed by atoms with E-state index in [4.69, 9.17) is 9.29 Å². The highest BCUT2D eigenvalue weighted by Crippen LogP contribution is 2.61. The second kappa shape index (κ2) is 4.61. The van der Waals surface area contributed by atoms with Gasteiger partial charge < -0.3 is 4.74 Å². The minimum atomic E-state index is -3.98. The summed E-state index contributed by atoms with van der Waals surface area (Å²) < 4.78 is 36.0. The maximum Gasteiger partial charge on any atom is 0.281 e. The fourth-order valence-corrected chi connectivity index (χ4v) is 4.87. The minimum Gasteiger partial charge on any atom is -0.377 e. The summed E-state index contributed by atoms with van der Waals surface area (Å²) in [7, 11) is -3.98. The van der Waals surface area contributed by atoms with E-state index in [0.29, 0.717) is 13.0 Å². The van der Waals surface area contributed by atoms with Crippen LogP contribution in [0, 0.1) is 0 Å². The van der Waals surface area contributed by atoms with E-state index >= 15 is 0 Å². The third-order valence-electron chi connectivity index (χ3n) is 2.64. The lowest BCUT2D eigenvalue weighted by atomic mass is 10.2. The van der Waals surface area contributed by atoms with E-state index in [-0.39, 0.29) is 11.4 Å². The first-order valence-electron chi connectivity index (χ1n) is 5.15. The van der Waals surface area contributed by atoms with E-state index in [1.54, 1.807) is 6.92 Å². The first-order chi connectivity index (χ1) is 6.89. The molecule has 0 aromatic carbocycles. The third kappa shape index (κ3) is 2.49. The molecule has 1 N–H and O–H groups in total. The van der Waals surface area contributed by atoms with Crippen LogP contribution in [0.3, 0.4) is 0 Å². The molecule has 1 heterocycles. The van der Waals surface area contributed by atoms with Crippen LogP contribution in [0.4, 0.5) is 0 Å². The smallest absolute Gasteiger partial charge is 0.281 e. The van der Waals surface area contributed by atoms with Crippen LogP contribution in [0.2, 0.25) is 0 Å². The monoisotopic (exact) mass is 254 g/mol. The van der Waals surface area contributed by atoms with Crippen molar-refractivity contribution in [2.75, 3.05) is 6.61 Å². The molecule has 4 nitrogen and oxygen atoms in total. The van der Waals surface area contributed by atoms with Gasteiger partial charge in [-0.25, -0.2) is 0 Å². The summed E-state index contributed by atoms with van der Waals surface area (Å²) in [6.07, 6.45) is 1.20. The van der Waals surface area contributed by atoms with Crippen molar-refractivity contribution in [2.45, 2.75) is 49.0 Å². The maximum atomic E-state index is 11.2.